The lowest BCUT2D eigenvalue weighted by molar-refractivity contribution is -0.274. The van der Waals surface area contributed by atoms with Gasteiger partial charge in [0, 0.05) is 61.2 Å². The summed E-state index contributed by atoms with van der Waals surface area (Å²) in [6, 6.07) is 7.91. The summed E-state index contributed by atoms with van der Waals surface area (Å²) in [5.41, 5.74) is 3.37. The fourth-order valence-corrected chi connectivity index (χ4v) is 5.65. The first kappa shape index (κ1) is 27.2. The summed E-state index contributed by atoms with van der Waals surface area (Å²) in [6.45, 7) is 5.96. The lowest BCUT2D eigenvalue weighted by atomic mass is 9.95. The van der Waals surface area contributed by atoms with Crippen LogP contribution in [0.5, 0.6) is 5.75 Å². The largest absolute Gasteiger partial charge is 0.573 e. The van der Waals surface area contributed by atoms with Crippen LogP contribution in [-0.4, -0.2) is 68.1 Å². The summed E-state index contributed by atoms with van der Waals surface area (Å²) in [5, 5.41) is 0.848. The van der Waals surface area contributed by atoms with Crippen molar-refractivity contribution in [1.29, 1.82) is 0 Å². The van der Waals surface area contributed by atoms with Gasteiger partial charge in [-0.15, -0.1) is 13.2 Å². The molecule has 3 heterocycles. The number of rotatable bonds is 5. The van der Waals surface area contributed by atoms with Crippen molar-refractivity contribution in [1.82, 2.24) is 9.80 Å². The number of amides is 1. The monoisotopic (exact) mass is 562 g/mol. The number of piperazine rings is 1. The topological polar surface area (TPSA) is 78.3 Å². The van der Waals surface area contributed by atoms with Crippen molar-refractivity contribution in [3.05, 3.63) is 63.0 Å². The van der Waals surface area contributed by atoms with Crippen LogP contribution in [0.15, 0.2) is 39.5 Å². The molecule has 5 rings (SSSR count). The van der Waals surface area contributed by atoms with Crippen molar-refractivity contribution in [2.75, 3.05) is 55.6 Å². The van der Waals surface area contributed by atoms with Crippen molar-refractivity contribution in [2.24, 2.45) is 0 Å². The van der Waals surface area contributed by atoms with Gasteiger partial charge in [-0.05, 0) is 56.3 Å². The third kappa shape index (κ3) is 5.53. The molecule has 0 aliphatic carbocycles. The second-order valence-corrected chi connectivity index (χ2v) is 10.4. The number of halogens is 3. The first-order valence-electron chi connectivity index (χ1n) is 12.6. The molecule has 3 aromatic rings. The highest BCUT2D eigenvalue weighted by molar-refractivity contribution is 7.99. The zero-order valence-electron chi connectivity index (χ0n) is 21.9. The van der Waals surface area contributed by atoms with Crippen molar-refractivity contribution in [3.8, 4) is 5.75 Å². The third-order valence-electron chi connectivity index (χ3n) is 7.29. The van der Waals surface area contributed by atoms with Gasteiger partial charge in [0.15, 0.2) is 5.75 Å². The Balaban J connectivity index is 1.43. The molecular formula is C27H29F3N4O4S. The molecule has 8 nitrogen and oxygen atoms in total. The van der Waals surface area contributed by atoms with Gasteiger partial charge in [-0.3, -0.25) is 4.79 Å². The number of alkyl halides is 3. The molecule has 0 saturated carbocycles. The van der Waals surface area contributed by atoms with Crippen LogP contribution in [0.4, 0.5) is 24.5 Å². The first-order chi connectivity index (χ1) is 18.6. The Hall–Kier alpha value is -3.38. The number of ether oxygens (including phenoxy) is 1. The van der Waals surface area contributed by atoms with E-state index < -0.39 is 23.6 Å². The number of anilines is 2. The maximum absolute atomic E-state index is 13.3. The Kier molecular flexibility index (Phi) is 7.43. The lowest BCUT2D eigenvalue weighted by Crippen LogP contribution is -2.44. The number of nitrogens with zero attached hydrogens (tertiary/aromatic N) is 3. The second-order valence-electron chi connectivity index (χ2n) is 9.76. The lowest BCUT2D eigenvalue weighted by Gasteiger charge is -2.35. The van der Waals surface area contributed by atoms with Crippen molar-refractivity contribution < 1.29 is 27.1 Å². The number of carbonyl (C=O) groups is 1. The van der Waals surface area contributed by atoms with Gasteiger partial charge in [0.1, 0.15) is 5.58 Å². The van der Waals surface area contributed by atoms with E-state index in [0.29, 0.717) is 24.1 Å². The number of likely N-dealkylation sites (N-methyl/N-ethyl adjacent to an activating group) is 1. The number of hydrogen-bond acceptors (Lipinski definition) is 8. The Morgan fingerprint density at radius 3 is 2.51 bits per heavy atom. The molecule has 2 aliphatic heterocycles. The van der Waals surface area contributed by atoms with Crippen LogP contribution >= 0.6 is 11.9 Å². The summed E-state index contributed by atoms with van der Waals surface area (Å²) in [5.74, 6) is -0.998. The van der Waals surface area contributed by atoms with Crippen LogP contribution in [0.25, 0.3) is 11.0 Å². The molecule has 0 radical (unpaired) electrons. The van der Waals surface area contributed by atoms with E-state index in [0.717, 1.165) is 66.4 Å². The molecule has 1 saturated heterocycles. The average Bonchev–Trinajstić information content (AvgIpc) is 2.90. The van der Waals surface area contributed by atoms with Gasteiger partial charge in [0.2, 0.25) is 0 Å². The predicted octanol–water partition coefficient (Wildman–Crippen LogP) is 4.64. The quantitative estimate of drug-likeness (QED) is 0.356. The summed E-state index contributed by atoms with van der Waals surface area (Å²) < 4.78 is 51.5. The van der Waals surface area contributed by atoms with Gasteiger partial charge in [-0.1, -0.05) is 11.9 Å². The molecule has 1 amide bonds. The van der Waals surface area contributed by atoms with E-state index in [4.69, 9.17) is 4.42 Å². The van der Waals surface area contributed by atoms with Crippen LogP contribution < -0.4 is 20.0 Å². The molecule has 0 spiro atoms. The Morgan fingerprint density at radius 2 is 1.82 bits per heavy atom. The fourth-order valence-electron chi connectivity index (χ4n) is 5.26. The number of aryl methyl sites for hydroxylation is 1. The molecule has 39 heavy (non-hydrogen) atoms. The van der Waals surface area contributed by atoms with Gasteiger partial charge in [-0.2, -0.15) is 0 Å². The highest BCUT2D eigenvalue weighted by Crippen LogP contribution is 2.35. The standard InChI is InChI=1S/C27H29F3N4O4S/c1-16-22(33-12-10-32(2)11-13-33)7-5-19-18-8-9-34(15-20(18)26(36)37-24(16)19)25(35)17-4-6-21(31-39-3)23(14-17)38-27(28,29)30/h4-7,14,31H,8-13,15H2,1-3H3. The highest BCUT2D eigenvalue weighted by Gasteiger charge is 2.33. The molecular weight excluding hydrogens is 533 g/mol. The van der Waals surface area contributed by atoms with E-state index in [-0.39, 0.29) is 17.8 Å². The summed E-state index contributed by atoms with van der Waals surface area (Å²) in [6.07, 6.45) is -2.83. The van der Waals surface area contributed by atoms with Crippen molar-refractivity contribution >= 4 is 40.2 Å². The SMILES string of the molecule is CSNc1ccc(C(=O)N2CCc3c(c(=O)oc4c(C)c(N5CCN(C)CC5)ccc34)C2)cc1OC(F)(F)F. The normalized spacial score (nSPS) is 16.4. The van der Waals surface area contributed by atoms with Crippen LogP contribution in [0.2, 0.25) is 0 Å². The molecule has 1 N–H and O–H groups in total. The third-order valence-corrected chi connectivity index (χ3v) is 7.71. The average molecular weight is 563 g/mol. The second kappa shape index (κ2) is 10.6. The molecule has 0 atom stereocenters. The fraction of sp³-hybridized carbons (Fsp3) is 0.407. The molecule has 1 fully saturated rings. The van der Waals surface area contributed by atoms with Gasteiger partial charge >= 0.3 is 12.0 Å². The first-order valence-corrected chi connectivity index (χ1v) is 13.8. The maximum atomic E-state index is 13.3. The summed E-state index contributed by atoms with van der Waals surface area (Å²) in [7, 11) is 2.09. The Bertz CT molecular complexity index is 1470. The van der Waals surface area contributed by atoms with Crippen LogP contribution in [0, 0.1) is 6.92 Å². The van der Waals surface area contributed by atoms with Gasteiger partial charge in [0.05, 0.1) is 17.8 Å². The van der Waals surface area contributed by atoms with E-state index in [1.54, 1.807) is 6.26 Å². The van der Waals surface area contributed by atoms with Crippen molar-refractivity contribution in [2.45, 2.75) is 26.3 Å². The van der Waals surface area contributed by atoms with Gasteiger partial charge in [0.25, 0.3) is 5.91 Å². The molecule has 12 heteroatoms. The van der Waals surface area contributed by atoms with E-state index in [1.165, 1.54) is 17.0 Å². The molecule has 208 valence electrons. The Labute approximate surface area is 227 Å². The molecule has 2 aliphatic rings. The van der Waals surface area contributed by atoms with E-state index in [1.807, 2.05) is 13.0 Å². The molecule has 0 bridgehead atoms. The molecule has 1 aromatic heterocycles. The zero-order chi connectivity index (χ0) is 27.9. The zero-order valence-corrected chi connectivity index (χ0v) is 22.7. The highest BCUT2D eigenvalue weighted by atomic mass is 32.2. The van der Waals surface area contributed by atoms with Gasteiger partial charge in [-0.25, -0.2) is 4.79 Å². The smallest absolute Gasteiger partial charge is 0.422 e. The van der Waals surface area contributed by atoms with E-state index in [2.05, 4.69) is 32.4 Å². The summed E-state index contributed by atoms with van der Waals surface area (Å²) >= 11 is 1.10. The molecule has 2 aromatic carbocycles. The molecule has 0 unspecified atom stereocenters. The number of hydrogen-bond donors (Lipinski definition) is 1. The summed E-state index contributed by atoms with van der Waals surface area (Å²) in [4.78, 5) is 32.4. The van der Waals surface area contributed by atoms with Crippen LogP contribution in [0.1, 0.15) is 27.0 Å². The number of nitrogens with one attached hydrogen (secondary N) is 1. The minimum absolute atomic E-state index is 0.00593. The maximum Gasteiger partial charge on any atom is 0.573 e. The van der Waals surface area contributed by atoms with Gasteiger partial charge < -0.3 is 28.6 Å². The van der Waals surface area contributed by atoms with E-state index in [9.17, 15) is 22.8 Å². The minimum Gasteiger partial charge on any atom is -0.422 e. The van der Waals surface area contributed by atoms with Crippen LogP contribution in [0.3, 0.4) is 0 Å². The van der Waals surface area contributed by atoms with Crippen molar-refractivity contribution in [3.63, 3.8) is 0 Å². The number of carbonyl (C=O) groups excluding carboxylic acids is 1. The number of fused-ring (bicyclic) bond motifs is 3. The number of benzene rings is 2. The minimum atomic E-state index is -4.91. The Morgan fingerprint density at radius 1 is 1.08 bits per heavy atom. The van der Waals surface area contributed by atoms with E-state index >= 15 is 0 Å². The van der Waals surface area contributed by atoms with Crippen LogP contribution in [-0.2, 0) is 13.0 Å². The predicted molar refractivity (Wildman–Crippen MR) is 146 cm³/mol.